The molecule has 5 rings (SSSR count). The summed E-state index contributed by atoms with van der Waals surface area (Å²) in [6, 6.07) is 18.8. The molecule has 0 bridgehead atoms. The number of methoxy groups -OCH3 is 3. The van der Waals surface area contributed by atoms with E-state index in [2.05, 4.69) is 31.1 Å². The molecule has 0 saturated heterocycles. The molecule has 0 saturated carbocycles. The topological polar surface area (TPSA) is 108 Å². The van der Waals surface area contributed by atoms with Gasteiger partial charge in [-0.2, -0.15) is 5.10 Å². The molecule has 44 heavy (non-hydrogen) atoms. The second kappa shape index (κ2) is 13.0. The molecule has 4 aromatic rings. The predicted molar refractivity (Wildman–Crippen MR) is 171 cm³/mol. The lowest BCUT2D eigenvalue weighted by molar-refractivity contribution is -0.123. The minimum atomic E-state index is -0.391. The van der Waals surface area contributed by atoms with Gasteiger partial charge in [-0.1, -0.05) is 32.9 Å². The summed E-state index contributed by atoms with van der Waals surface area (Å²) in [5.74, 6) is 2.13. The first-order valence-corrected chi connectivity index (χ1v) is 15.3. The molecule has 11 heteroatoms. The van der Waals surface area contributed by atoms with Gasteiger partial charge in [0.05, 0.1) is 56.0 Å². The quantitative estimate of drug-likeness (QED) is 0.278. The number of ether oxygens (including phenoxy) is 3. The van der Waals surface area contributed by atoms with E-state index in [1.54, 1.807) is 37.1 Å². The SMILES string of the molecule is COc1ccc(-n2nc(C(C)(C)C)c3c2N(CC(=O)NCc2ccccn2)C(=O)CS[C@H]3c2ccc(OC)c(OC)c2)cc1. The molecule has 3 heterocycles. The van der Waals surface area contributed by atoms with Crippen LogP contribution in [0.1, 0.15) is 48.5 Å². The third kappa shape index (κ3) is 6.37. The minimum absolute atomic E-state index is 0.160. The van der Waals surface area contributed by atoms with Crippen LogP contribution in [0.25, 0.3) is 5.69 Å². The maximum Gasteiger partial charge on any atom is 0.240 e. The molecular weight excluding hydrogens is 578 g/mol. The molecule has 0 fully saturated rings. The van der Waals surface area contributed by atoms with Crippen LogP contribution in [0.4, 0.5) is 5.82 Å². The molecule has 2 aromatic carbocycles. The van der Waals surface area contributed by atoms with Crippen molar-refractivity contribution in [1.82, 2.24) is 20.1 Å². The standard InChI is InChI=1S/C33H37N5O5S/c1-33(2,3)31-29-30(21-10-15-25(42-5)26(17-21)43-6)44-20-28(40)37(19-27(39)35-18-22-9-7-8-16-34-22)32(29)38(36-31)23-11-13-24(41-4)14-12-23/h7-17,30H,18-20H2,1-6H3,(H,35,39)/t30-/m0/s1. The molecular formula is C33H37N5O5S. The fraction of sp³-hybridized carbons (Fsp3) is 0.333. The van der Waals surface area contributed by atoms with Crippen molar-refractivity contribution in [3.8, 4) is 22.9 Å². The summed E-state index contributed by atoms with van der Waals surface area (Å²) in [6.45, 7) is 6.37. The Morgan fingerprint density at radius 2 is 1.75 bits per heavy atom. The summed E-state index contributed by atoms with van der Waals surface area (Å²) in [5.41, 5.74) is 3.70. The average molecular weight is 616 g/mol. The largest absolute Gasteiger partial charge is 0.497 e. The number of benzene rings is 2. The summed E-state index contributed by atoms with van der Waals surface area (Å²) in [4.78, 5) is 33.2. The first-order chi connectivity index (χ1) is 21.1. The Kier molecular flexibility index (Phi) is 9.14. The van der Waals surface area contributed by atoms with Gasteiger partial charge in [-0.25, -0.2) is 4.68 Å². The van der Waals surface area contributed by atoms with Crippen molar-refractivity contribution >= 4 is 29.4 Å². The van der Waals surface area contributed by atoms with Crippen molar-refractivity contribution in [2.24, 2.45) is 0 Å². The third-order valence-corrected chi connectivity index (χ3v) is 8.58. The summed E-state index contributed by atoms with van der Waals surface area (Å²) >= 11 is 1.50. The van der Waals surface area contributed by atoms with Crippen LogP contribution in [0.15, 0.2) is 66.9 Å². The normalized spacial score (nSPS) is 14.9. The number of aromatic nitrogens is 3. The van der Waals surface area contributed by atoms with Crippen LogP contribution in [-0.4, -0.2) is 60.2 Å². The van der Waals surface area contributed by atoms with E-state index in [9.17, 15) is 9.59 Å². The molecule has 2 aromatic heterocycles. The Labute approximate surface area is 261 Å². The Bertz CT molecular complexity index is 1630. The summed E-state index contributed by atoms with van der Waals surface area (Å²) in [6.07, 6.45) is 1.68. The van der Waals surface area contributed by atoms with E-state index in [-0.39, 0.29) is 35.9 Å². The number of anilines is 1. The lowest BCUT2D eigenvalue weighted by Gasteiger charge is -2.25. The highest BCUT2D eigenvalue weighted by Crippen LogP contribution is 2.49. The number of rotatable bonds is 9. The lowest BCUT2D eigenvalue weighted by atomic mass is 9.87. The van der Waals surface area contributed by atoms with Gasteiger partial charge >= 0.3 is 0 Å². The first kappa shape index (κ1) is 30.9. The Hall–Kier alpha value is -4.51. The van der Waals surface area contributed by atoms with Crippen molar-refractivity contribution < 1.29 is 23.8 Å². The van der Waals surface area contributed by atoms with E-state index in [0.29, 0.717) is 23.1 Å². The molecule has 0 spiro atoms. The second-order valence-electron chi connectivity index (χ2n) is 11.3. The van der Waals surface area contributed by atoms with E-state index < -0.39 is 5.41 Å². The van der Waals surface area contributed by atoms with Gasteiger partial charge in [0, 0.05) is 17.2 Å². The smallest absolute Gasteiger partial charge is 0.240 e. The van der Waals surface area contributed by atoms with E-state index in [4.69, 9.17) is 19.3 Å². The summed E-state index contributed by atoms with van der Waals surface area (Å²) in [7, 11) is 4.81. The zero-order valence-corrected chi connectivity index (χ0v) is 26.6. The van der Waals surface area contributed by atoms with E-state index in [1.165, 1.54) is 11.8 Å². The van der Waals surface area contributed by atoms with Crippen LogP contribution in [0.5, 0.6) is 17.2 Å². The van der Waals surface area contributed by atoms with Crippen LogP contribution < -0.4 is 24.4 Å². The number of nitrogens with zero attached hydrogens (tertiary/aromatic N) is 4. The van der Waals surface area contributed by atoms with Gasteiger partial charge in [0.15, 0.2) is 11.5 Å². The number of hydrogen-bond acceptors (Lipinski definition) is 8. The number of nitrogens with one attached hydrogen (secondary N) is 1. The molecule has 0 radical (unpaired) electrons. The number of carbonyl (C=O) groups excluding carboxylic acids is 2. The van der Waals surface area contributed by atoms with Crippen LogP contribution >= 0.6 is 11.8 Å². The molecule has 0 unspecified atom stereocenters. The molecule has 1 atom stereocenters. The highest BCUT2D eigenvalue weighted by molar-refractivity contribution is 8.00. The highest BCUT2D eigenvalue weighted by Gasteiger charge is 2.40. The monoisotopic (exact) mass is 615 g/mol. The van der Waals surface area contributed by atoms with Crippen LogP contribution in [0.2, 0.25) is 0 Å². The molecule has 1 N–H and O–H groups in total. The predicted octanol–water partition coefficient (Wildman–Crippen LogP) is 5.08. The molecule has 1 aliphatic rings. The summed E-state index contributed by atoms with van der Waals surface area (Å²) < 4.78 is 18.3. The van der Waals surface area contributed by atoms with Gasteiger partial charge in [-0.15, -0.1) is 11.8 Å². The van der Waals surface area contributed by atoms with Crippen LogP contribution in [0, 0.1) is 0 Å². The molecule has 230 valence electrons. The van der Waals surface area contributed by atoms with Crippen LogP contribution in [0.3, 0.4) is 0 Å². The van der Waals surface area contributed by atoms with Crippen molar-refractivity contribution in [3.63, 3.8) is 0 Å². The van der Waals surface area contributed by atoms with Gasteiger partial charge < -0.3 is 19.5 Å². The lowest BCUT2D eigenvalue weighted by Crippen LogP contribution is -2.42. The fourth-order valence-electron chi connectivity index (χ4n) is 5.15. The number of carbonyl (C=O) groups is 2. The van der Waals surface area contributed by atoms with Crippen LogP contribution in [-0.2, 0) is 21.5 Å². The Morgan fingerprint density at radius 1 is 1.00 bits per heavy atom. The molecule has 0 aliphatic carbocycles. The fourth-order valence-corrected chi connectivity index (χ4v) is 6.33. The second-order valence-corrected chi connectivity index (χ2v) is 12.4. The van der Waals surface area contributed by atoms with Crippen molar-refractivity contribution in [2.75, 3.05) is 38.5 Å². The van der Waals surface area contributed by atoms with Gasteiger partial charge in [-0.3, -0.25) is 19.5 Å². The Morgan fingerprint density at radius 3 is 2.39 bits per heavy atom. The summed E-state index contributed by atoms with van der Waals surface area (Å²) in [5, 5.41) is 7.78. The van der Waals surface area contributed by atoms with Crippen molar-refractivity contribution in [2.45, 2.75) is 38.0 Å². The van der Waals surface area contributed by atoms with Gasteiger partial charge in [0.2, 0.25) is 11.8 Å². The zero-order chi connectivity index (χ0) is 31.4. The number of thioether (sulfide) groups is 1. The number of pyridine rings is 1. The first-order valence-electron chi connectivity index (χ1n) is 14.2. The molecule has 1 aliphatic heterocycles. The molecule has 10 nitrogen and oxygen atoms in total. The van der Waals surface area contributed by atoms with Crippen molar-refractivity contribution in [1.29, 1.82) is 0 Å². The minimum Gasteiger partial charge on any atom is -0.497 e. The maximum absolute atomic E-state index is 13.9. The number of hydrogen-bond donors (Lipinski definition) is 1. The Balaban J connectivity index is 1.67. The third-order valence-electron chi connectivity index (χ3n) is 7.32. The van der Waals surface area contributed by atoms with Crippen molar-refractivity contribution in [3.05, 3.63) is 89.4 Å². The zero-order valence-electron chi connectivity index (χ0n) is 25.8. The average Bonchev–Trinajstić information content (AvgIpc) is 3.37. The van der Waals surface area contributed by atoms with E-state index in [0.717, 1.165) is 28.2 Å². The van der Waals surface area contributed by atoms with Gasteiger partial charge in [-0.05, 0) is 54.1 Å². The van der Waals surface area contributed by atoms with Gasteiger partial charge in [0.1, 0.15) is 18.1 Å². The number of amides is 2. The molecule has 2 amide bonds. The number of fused-ring (bicyclic) bond motifs is 1. The van der Waals surface area contributed by atoms with Gasteiger partial charge in [0.25, 0.3) is 0 Å². The van der Waals surface area contributed by atoms with E-state index in [1.807, 2.05) is 60.7 Å². The maximum atomic E-state index is 13.9. The van der Waals surface area contributed by atoms with E-state index >= 15 is 0 Å². The highest BCUT2D eigenvalue weighted by atomic mass is 32.2.